The molecule has 1 aliphatic heterocycles. The van der Waals surface area contributed by atoms with Gasteiger partial charge in [-0.05, 0) is 31.9 Å². The summed E-state index contributed by atoms with van der Waals surface area (Å²) in [5, 5.41) is 0. The van der Waals surface area contributed by atoms with E-state index in [4.69, 9.17) is 10.5 Å². The summed E-state index contributed by atoms with van der Waals surface area (Å²) < 4.78 is 5.61. The molecule has 2 rings (SSSR count). The Hall–Kier alpha value is -0.900. The number of piperidine rings is 1. The number of ether oxygens (including phenoxy) is 1. The SMILES string of the molecule is COC1(C)CCCN(CC(N)c2ccccc2)C1. The molecular formula is C15H24N2O. The minimum Gasteiger partial charge on any atom is -0.377 e. The topological polar surface area (TPSA) is 38.5 Å². The average molecular weight is 248 g/mol. The second kappa shape index (κ2) is 5.83. The minimum atomic E-state index is -0.00530. The fourth-order valence-corrected chi connectivity index (χ4v) is 2.71. The van der Waals surface area contributed by atoms with Crippen molar-refractivity contribution in [3.8, 4) is 0 Å². The highest BCUT2D eigenvalue weighted by Gasteiger charge is 2.31. The molecule has 1 heterocycles. The molecule has 0 spiro atoms. The van der Waals surface area contributed by atoms with Crippen LogP contribution >= 0.6 is 0 Å². The van der Waals surface area contributed by atoms with Crippen molar-refractivity contribution < 1.29 is 4.74 Å². The van der Waals surface area contributed by atoms with Gasteiger partial charge in [0.2, 0.25) is 0 Å². The van der Waals surface area contributed by atoms with Crippen molar-refractivity contribution in [3.05, 3.63) is 35.9 Å². The van der Waals surface area contributed by atoms with E-state index in [1.807, 2.05) is 18.2 Å². The third kappa shape index (κ3) is 3.31. The molecule has 1 saturated heterocycles. The summed E-state index contributed by atoms with van der Waals surface area (Å²) in [6.45, 7) is 5.19. The molecule has 0 saturated carbocycles. The Morgan fingerprint density at radius 1 is 1.39 bits per heavy atom. The summed E-state index contributed by atoms with van der Waals surface area (Å²) in [5.41, 5.74) is 7.48. The quantitative estimate of drug-likeness (QED) is 0.887. The Morgan fingerprint density at radius 2 is 2.11 bits per heavy atom. The number of hydrogen-bond donors (Lipinski definition) is 1. The lowest BCUT2D eigenvalue weighted by Crippen LogP contribution is -2.49. The molecule has 1 aliphatic rings. The van der Waals surface area contributed by atoms with Gasteiger partial charge in [-0.2, -0.15) is 0 Å². The molecule has 3 nitrogen and oxygen atoms in total. The standard InChI is InChI=1S/C15H24N2O/c1-15(18-2)9-6-10-17(12-15)11-14(16)13-7-4-3-5-8-13/h3-5,7-8,14H,6,9-12,16H2,1-2H3. The van der Waals surface area contributed by atoms with Crippen molar-refractivity contribution in [3.63, 3.8) is 0 Å². The first kappa shape index (κ1) is 13.5. The predicted octanol–water partition coefficient (Wildman–Crippen LogP) is 2.19. The fourth-order valence-electron chi connectivity index (χ4n) is 2.71. The maximum Gasteiger partial charge on any atom is 0.0777 e. The summed E-state index contributed by atoms with van der Waals surface area (Å²) in [6, 6.07) is 10.4. The first-order valence-electron chi connectivity index (χ1n) is 6.71. The van der Waals surface area contributed by atoms with E-state index in [1.54, 1.807) is 7.11 Å². The highest BCUT2D eigenvalue weighted by Crippen LogP contribution is 2.25. The minimum absolute atomic E-state index is 0.00530. The number of likely N-dealkylation sites (tertiary alicyclic amines) is 1. The van der Waals surface area contributed by atoms with E-state index < -0.39 is 0 Å². The van der Waals surface area contributed by atoms with Gasteiger partial charge >= 0.3 is 0 Å². The Labute approximate surface area is 110 Å². The van der Waals surface area contributed by atoms with Gasteiger partial charge in [0.05, 0.1) is 5.60 Å². The van der Waals surface area contributed by atoms with Gasteiger partial charge in [0, 0.05) is 26.2 Å². The zero-order valence-corrected chi connectivity index (χ0v) is 11.4. The van der Waals surface area contributed by atoms with E-state index in [1.165, 1.54) is 12.0 Å². The van der Waals surface area contributed by atoms with Gasteiger partial charge in [0.25, 0.3) is 0 Å². The number of nitrogens with zero attached hydrogens (tertiary/aromatic N) is 1. The smallest absolute Gasteiger partial charge is 0.0777 e. The molecule has 1 fully saturated rings. The second-order valence-electron chi connectivity index (χ2n) is 5.51. The zero-order valence-electron chi connectivity index (χ0n) is 11.4. The normalized spacial score (nSPS) is 27.1. The zero-order chi connectivity index (χ0) is 13.0. The molecule has 0 bridgehead atoms. The van der Waals surface area contributed by atoms with Crippen LogP contribution in [-0.2, 0) is 4.74 Å². The molecule has 1 aromatic rings. The lowest BCUT2D eigenvalue weighted by Gasteiger charge is -2.40. The maximum absolute atomic E-state index is 6.27. The Morgan fingerprint density at radius 3 is 2.78 bits per heavy atom. The van der Waals surface area contributed by atoms with Crippen LogP contribution in [0.2, 0.25) is 0 Å². The van der Waals surface area contributed by atoms with Crippen LogP contribution in [0.3, 0.4) is 0 Å². The van der Waals surface area contributed by atoms with Crippen LogP contribution < -0.4 is 5.73 Å². The molecule has 1 aromatic carbocycles. The van der Waals surface area contributed by atoms with Crippen LogP contribution in [0.1, 0.15) is 31.4 Å². The molecule has 0 amide bonds. The lowest BCUT2D eigenvalue weighted by molar-refractivity contribution is -0.0516. The number of nitrogens with two attached hydrogens (primary N) is 1. The van der Waals surface area contributed by atoms with E-state index in [2.05, 4.69) is 24.0 Å². The number of methoxy groups -OCH3 is 1. The number of rotatable bonds is 4. The molecule has 0 radical (unpaired) electrons. The maximum atomic E-state index is 6.27. The molecule has 3 heteroatoms. The largest absolute Gasteiger partial charge is 0.377 e. The van der Waals surface area contributed by atoms with Crippen molar-refractivity contribution in [2.24, 2.45) is 5.73 Å². The van der Waals surface area contributed by atoms with Crippen LogP contribution in [0, 0.1) is 0 Å². The van der Waals surface area contributed by atoms with E-state index in [0.717, 1.165) is 26.1 Å². The monoisotopic (exact) mass is 248 g/mol. The Bertz CT molecular complexity index is 368. The van der Waals surface area contributed by atoms with Crippen molar-refractivity contribution >= 4 is 0 Å². The summed E-state index contributed by atoms with van der Waals surface area (Å²) in [6.07, 6.45) is 2.33. The highest BCUT2D eigenvalue weighted by atomic mass is 16.5. The van der Waals surface area contributed by atoms with Gasteiger partial charge < -0.3 is 10.5 Å². The van der Waals surface area contributed by atoms with Crippen molar-refractivity contribution in [1.29, 1.82) is 0 Å². The molecule has 2 unspecified atom stereocenters. The highest BCUT2D eigenvalue weighted by molar-refractivity contribution is 5.18. The van der Waals surface area contributed by atoms with Crippen molar-refractivity contribution in [2.75, 3.05) is 26.7 Å². The van der Waals surface area contributed by atoms with Crippen LogP contribution in [0.15, 0.2) is 30.3 Å². The van der Waals surface area contributed by atoms with E-state index in [0.29, 0.717) is 0 Å². The van der Waals surface area contributed by atoms with Gasteiger partial charge in [-0.15, -0.1) is 0 Å². The number of hydrogen-bond acceptors (Lipinski definition) is 3. The Balaban J connectivity index is 1.93. The lowest BCUT2D eigenvalue weighted by atomic mass is 9.94. The van der Waals surface area contributed by atoms with Gasteiger partial charge in [-0.1, -0.05) is 30.3 Å². The summed E-state index contributed by atoms with van der Waals surface area (Å²) in [7, 11) is 1.81. The Kier molecular flexibility index (Phi) is 4.38. The second-order valence-corrected chi connectivity index (χ2v) is 5.51. The molecule has 2 N–H and O–H groups in total. The van der Waals surface area contributed by atoms with E-state index in [-0.39, 0.29) is 11.6 Å². The van der Waals surface area contributed by atoms with Gasteiger partial charge in [0.15, 0.2) is 0 Å². The van der Waals surface area contributed by atoms with Crippen LogP contribution in [0.25, 0.3) is 0 Å². The molecule has 0 aromatic heterocycles. The first-order chi connectivity index (χ1) is 8.63. The summed E-state index contributed by atoms with van der Waals surface area (Å²) in [5.74, 6) is 0. The van der Waals surface area contributed by atoms with Gasteiger partial charge in [-0.3, -0.25) is 4.90 Å². The molecule has 0 aliphatic carbocycles. The van der Waals surface area contributed by atoms with Crippen LogP contribution in [0.4, 0.5) is 0 Å². The third-order valence-electron chi connectivity index (χ3n) is 3.91. The third-order valence-corrected chi connectivity index (χ3v) is 3.91. The van der Waals surface area contributed by atoms with Crippen molar-refractivity contribution in [1.82, 2.24) is 4.90 Å². The van der Waals surface area contributed by atoms with Crippen LogP contribution in [0.5, 0.6) is 0 Å². The fraction of sp³-hybridized carbons (Fsp3) is 0.600. The first-order valence-corrected chi connectivity index (χ1v) is 6.71. The molecule has 100 valence electrons. The molecule has 18 heavy (non-hydrogen) atoms. The van der Waals surface area contributed by atoms with E-state index in [9.17, 15) is 0 Å². The summed E-state index contributed by atoms with van der Waals surface area (Å²) in [4.78, 5) is 2.42. The van der Waals surface area contributed by atoms with Gasteiger partial charge in [0.1, 0.15) is 0 Å². The van der Waals surface area contributed by atoms with Crippen molar-refractivity contribution in [2.45, 2.75) is 31.4 Å². The molecular weight excluding hydrogens is 224 g/mol. The molecule has 2 atom stereocenters. The van der Waals surface area contributed by atoms with Gasteiger partial charge in [-0.25, -0.2) is 0 Å². The van der Waals surface area contributed by atoms with E-state index >= 15 is 0 Å². The number of benzene rings is 1. The van der Waals surface area contributed by atoms with Crippen LogP contribution in [-0.4, -0.2) is 37.2 Å². The average Bonchev–Trinajstić information content (AvgIpc) is 2.40. The summed E-state index contributed by atoms with van der Waals surface area (Å²) >= 11 is 0. The predicted molar refractivity (Wildman–Crippen MR) is 74.5 cm³/mol.